The number of aromatic nitrogens is 1. The molecule has 2 atom stereocenters. The first kappa shape index (κ1) is 32.8. The molecule has 1 spiro atoms. The van der Waals surface area contributed by atoms with Crippen LogP contribution in [0.25, 0.3) is 0 Å². The van der Waals surface area contributed by atoms with Gasteiger partial charge in [-0.2, -0.15) is 4.31 Å². The van der Waals surface area contributed by atoms with E-state index in [1.165, 1.54) is 23.6 Å². The van der Waals surface area contributed by atoms with Gasteiger partial charge in [0.1, 0.15) is 6.04 Å². The number of esters is 2. The van der Waals surface area contributed by atoms with Crippen molar-refractivity contribution in [2.45, 2.75) is 88.8 Å². The van der Waals surface area contributed by atoms with E-state index in [1.807, 2.05) is 6.92 Å². The van der Waals surface area contributed by atoms with Crippen LogP contribution in [-0.4, -0.2) is 67.5 Å². The Morgan fingerprint density at radius 2 is 1.80 bits per heavy atom. The van der Waals surface area contributed by atoms with Gasteiger partial charge in [-0.15, -0.1) is 0 Å². The molecule has 45 heavy (non-hydrogen) atoms. The molecule has 2 saturated heterocycles. The molecule has 13 nitrogen and oxygen atoms in total. The molecular weight excluding hydrogens is 606 g/mol. The summed E-state index contributed by atoms with van der Waals surface area (Å²) in [7, 11) is -4.08. The number of fused-ring (bicyclic) bond motifs is 2. The number of rotatable bonds is 10. The lowest BCUT2D eigenvalue weighted by Crippen LogP contribution is -2.49. The average molecular weight is 646 g/mol. The lowest BCUT2D eigenvalue weighted by atomic mass is 9.86. The zero-order valence-electron chi connectivity index (χ0n) is 25.9. The minimum Gasteiger partial charge on any atom is -0.463 e. The van der Waals surface area contributed by atoms with Gasteiger partial charge in [0.15, 0.2) is 0 Å². The maximum atomic E-state index is 14.1. The number of ether oxygens (including phenoxy) is 4. The second kappa shape index (κ2) is 12.7. The number of carbonyl (C=O) groups excluding carboxylic acids is 3. The van der Waals surface area contributed by atoms with Crippen LogP contribution in [0.1, 0.15) is 68.8 Å². The number of nitrogens with zero attached hydrogens (tertiary/aromatic N) is 2. The van der Waals surface area contributed by atoms with E-state index in [1.54, 1.807) is 32.0 Å². The second-order valence-electron chi connectivity index (χ2n) is 11.4. The zero-order valence-corrected chi connectivity index (χ0v) is 26.7. The third-order valence-corrected chi connectivity index (χ3v) is 10.6. The van der Waals surface area contributed by atoms with E-state index in [-0.39, 0.29) is 55.1 Å². The minimum atomic E-state index is -4.08. The van der Waals surface area contributed by atoms with Crippen LogP contribution < -0.4 is 10.9 Å². The number of carbonyl (C=O) groups is 3. The van der Waals surface area contributed by atoms with Crippen LogP contribution in [0.15, 0.2) is 40.0 Å². The fraction of sp³-hybridized carbons (Fsp3) is 0.548. The molecule has 0 aliphatic carbocycles. The van der Waals surface area contributed by atoms with Crippen LogP contribution in [0.4, 0.5) is 0 Å². The lowest BCUT2D eigenvalue weighted by Gasteiger charge is -2.35. The monoisotopic (exact) mass is 645 g/mol. The van der Waals surface area contributed by atoms with Gasteiger partial charge in [0, 0.05) is 44.1 Å². The number of hydrogen-bond acceptors (Lipinski definition) is 10. The van der Waals surface area contributed by atoms with Gasteiger partial charge >= 0.3 is 11.9 Å². The van der Waals surface area contributed by atoms with Crippen LogP contribution in [0.3, 0.4) is 0 Å². The normalized spacial score (nSPS) is 20.5. The van der Waals surface area contributed by atoms with E-state index in [2.05, 4.69) is 5.32 Å². The van der Waals surface area contributed by atoms with Crippen molar-refractivity contribution in [3.63, 3.8) is 0 Å². The Kier molecular flexibility index (Phi) is 9.23. The van der Waals surface area contributed by atoms with E-state index in [4.69, 9.17) is 18.9 Å². The molecule has 0 bridgehead atoms. The Balaban J connectivity index is 1.62. The molecule has 0 saturated carbocycles. The average Bonchev–Trinajstić information content (AvgIpc) is 3.77. The van der Waals surface area contributed by atoms with Crippen molar-refractivity contribution in [3.05, 3.63) is 63.1 Å². The van der Waals surface area contributed by atoms with E-state index < -0.39 is 50.9 Å². The number of benzene rings is 1. The molecule has 1 N–H and O–H groups in total. The summed E-state index contributed by atoms with van der Waals surface area (Å²) in [4.78, 5) is 53.9. The Bertz CT molecular complexity index is 1650. The number of sulfonamides is 1. The van der Waals surface area contributed by atoms with Crippen molar-refractivity contribution in [3.8, 4) is 0 Å². The first-order valence-corrected chi connectivity index (χ1v) is 16.6. The first-order chi connectivity index (χ1) is 21.4. The van der Waals surface area contributed by atoms with E-state index in [0.717, 1.165) is 9.87 Å². The van der Waals surface area contributed by atoms with E-state index in [9.17, 15) is 27.6 Å². The van der Waals surface area contributed by atoms with Crippen molar-refractivity contribution in [2.75, 3.05) is 26.4 Å². The second-order valence-corrected chi connectivity index (χ2v) is 13.3. The predicted molar refractivity (Wildman–Crippen MR) is 159 cm³/mol. The Hall–Kier alpha value is -3.59. The first-order valence-electron chi connectivity index (χ1n) is 15.2. The van der Waals surface area contributed by atoms with Crippen molar-refractivity contribution in [1.82, 2.24) is 14.2 Å². The van der Waals surface area contributed by atoms with Gasteiger partial charge in [-0.1, -0.05) is 24.6 Å². The molecule has 3 aliphatic rings. The third kappa shape index (κ3) is 5.80. The Labute approximate surface area is 261 Å². The predicted octanol–water partition coefficient (Wildman–Crippen LogP) is 1.96. The van der Waals surface area contributed by atoms with Crippen LogP contribution in [0.2, 0.25) is 0 Å². The standard InChI is InChI=1S/C31H39N3O10S/c1-5-30(29(38)41-6-2,44-28(37)25-8-7-14-34(25)45(39,40)22-11-9-20(3)10-12-22)24-18-26-31(42-16-17-43-31)13-15-33(26)27(36)23(24)19-32-21(4)35/h9-12,18,25H,5-8,13-17,19H2,1-4H3,(H,32,35)/t25-,30+/m1/s1. The summed E-state index contributed by atoms with van der Waals surface area (Å²) in [6, 6.07) is 6.64. The number of amides is 1. The van der Waals surface area contributed by atoms with E-state index in [0.29, 0.717) is 31.7 Å². The minimum absolute atomic E-state index is 0.0214. The molecule has 0 radical (unpaired) electrons. The molecule has 3 aliphatic heterocycles. The molecular formula is C31H39N3O10S. The summed E-state index contributed by atoms with van der Waals surface area (Å²) in [6.07, 6.45) is 0.759. The summed E-state index contributed by atoms with van der Waals surface area (Å²) in [5.74, 6) is -3.51. The smallest absolute Gasteiger partial charge is 0.355 e. The molecule has 4 heterocycles. The van der Waals surface area contributed by atoms with E-state index >= 15 is 0 Å². The quantitative estimate of drug-likeness (QED) is 0.379. The number of aryl methyl sites for hydroxylation is 1. The van der Waals surface area contributed by atoms with Crippen molar-refractivity contribution in [2.24, 2.45) is 0 Å². The van der Waals surface area contributed by atoms with Gasteiger partial charge in [-0.05, 0) is 51.3 Å². The molecule has 244 valence electrons. The third-order valence-electron chi connectivity index (χ3n) is 8.64. The van der Waals surface area contributed by atoms with Crippen LogP contribution in [0, 0.1) is 6.92 Å². The van der Waals surface area contributed by atoms with Crippen LogP contribution >= 0.6 is 0 Å². The fourth-order valence-electron chi connectivity index (χ4n) is 6.31. The highest BCUT2D eigenvalue weighted by Gasteiger charge is 2.53. The fourth-order valence-corrected chi connectivity index (χ4v) is 7.96. The molecule has 5 rings (SSSR count). The number of pyridine rings is 1. The Morgan fingerprint density at radius 1 is 1.11 bits per heavy atom. The van der Waals surface area contributed by atoms with Crippen LogP contribution in [-0.2, 0) is 67.8 Å². The Morgan fingerprint density at radius 3 is 2.42 bits per heavy atom. The topological polar surface area (TPSA) is 160 Å². The largest absolute Gasteiger partial charge is 0.463 e. The summed E-state index contributed by atoms with van der Waals surface area (Å²) < 4.78 is 53.3. The van der Waals surface area contributed by atoms with Gasteiger partial charge in [-0.3, -0.25) is 14.4 Å². The van der Waals surface area contributed by atoms with Gasteiger partial charge < -0.3 is 28.8 Å². The molecule has 14 heteroatoms. The highest BCUT2D eigenvalue weighted by Crippen LogP contribution is 2.43. The summed E-state index contributed by atoms with van der Waals surface area (Å²) >= 11 is 0. The molecule has 1 aromatic heterocycles. The number of hydrogen-bond donors (Lipinski definition) is 1. The zero-order chi connectivity index (χ0) is 32.6. The van der Waals surface area contributed by atoms with Crippen molar-refractivity contribution in [1.29, 1.82) is 0 Å². The molecule has 0 unspecified atom stereocenters. The summed E-state index contributed by atoms with van der Waals surface area (Å²) in [5.41, 5.74) is -1.37. The van der Waals surface area contributed by atoms with Gasteiger partial charge in [0.25, 0.3) is 5.56 Å². The van der Waals surface area contributed by atoms with Gasteiger partial charge in [-0.25, -0.2) is 13.2 Å². The van der Waals surface area contributed by atoms with Gasteiger partial charge in [0.2, 0.25) is 27.3 Å². The van der Waals surface area contributed by atoms with Crippen molar-refractivity contribution < 1.29 is 41.7 Å². The highest BCUT2D eigenvalue weighted by molar-refractivity contribution is 7.89. The van der Waals surface area contributed by atoms with Gasteiger partial charge in [0.05, 0.1) is 30.4 Å². The molecule has 2 fully saturated rings. The molecule has 2 aromatic rings. The summed E-state index contributed by atoms with van der Waals surface area (Å²) in [5, 5.41) is 2.62. The summed E-state index contributed by atoms with van der Waals surface area (Å²) in [6.45, 7) is 6.97. The maximum absolute atomic E-state index is 14.1. The molecule has 1 amide bonds. The maximum Gasteiger partial charge on any atom is 0.355 e. The van der Waals surface area contributed by atoms with Crippen molar-refractivity contribution >= 4 is 27.9 Å². The SMILES string of the molecule is CCOC(=O)[C@@](CC)(OC(=O)[C@H]1CCCN1S(=O)(=O)c1ccc(C)cc1)c1cc2n(c(=O)c1CNC(C)=O)CCC21OCCO1. The highest BCUT2D eigenvalue weighted by atomic mass is 32.2. The lowest BCUT2D eigenvalue weighted by molar-refractivity contribution is -0.187. The van der Waals surface area contributed by atoms with Crippen LogP contribution in [0.5, 0.6) is 0 Å². The molecule has 1 aromatic carbocycles. The number of nitrogens with one attached hydrogen (secondary N) is 1.